The molecule has 1 N–H and O–H groups in total. The lowest BCUT2D eigenvalue weighted by Gasteiger charge is -2.25. The van der Waals surface area contributed by atoms with E-state index in [-0.39, 0.29) is 30.6 Å². The number of carbonyl (C=O) groups is 2. The number of aliphatic hydroxyl groups excluding tert-OH is 1. The minimum atomic E-state index is -0.829. The molecule has 2 heterocycles. The van der Waals surface area contributed by atoms with Gasteiger partial charge >= 0.3 is 0 Å². The van der Waals surface area contributed by atoms with Gasteiger partial charge < -0.3 is 14.7 Å². The van der Waals surface area contributed by atoms with Crippen LogP contribution in [0.1, 0.15) is 31.0 Å². The number of nitrogens with zero attached hydrogens (tertiary/aromatic N) is 2. The molecule has 2 aromatic rings. The summed E-state index contributed by atoms with van der Waals surface area (Å²) in [6.45, 7) is 4.14. The van der Waals surface area contributed by atoms with E-state index >= 15 is 0 Å². The average Bonchev–Trinajstić information content (AvgIpc) is 2.93. The summed E-state index contributed by atoms with van der Waals surface area (Å²) >= 11 is 0. The molecule has 1 saturated heterocycles. The first-order valence-corrected chi connectivity index (χ1v) is 8.96. The maximum Gasteiger partial charge on any atom is 0.295 e. The van der Waals surface area contributed by atoms with E-state index < -0.39 is 23.5 Å². The van der Waals surface area contributed by atoms with E-state index in [0.29, 0.717) is 11.1 Å². The predicted molar refractivity (Wildman–Crippen MR) is 101 cm³/mol. The van der Waals surface area contributed by atoms with Gasteiger partial charge in [0.05, 0.1) is 24.3 Å². The van der Waals surface area contributed by atoms with Crippen LogP contribution >= 0.6 is 0 Å². The number of aromatic nitrogens is 1. The van der Waals surface area contributed by atoms with Crippen molar-refractivity contribution in [1.82, 2.24) is 9.88 Å². The van der Waals surface area contributed by atoms with Crippen molar-refractivity contribution < 1.29 is 23.8 Å². The number of ketones is 1. The Balaban J connectivity index is 2.07. The summed E-state index contributed by atoms with van der Waals surface area (Å²) in [6.07, 6.45) is 2.93. The highest BCUT2D eigenvalue weighted by Crippen LogP contribution is 2.39. The quantitative estimate of drug-likeness (QED) is 0.470. The molecule has 7 heteroatoms. The van der Waals surface area contributed by atoms with Gasteiger partial charge in [-0.1, -0.05) is 12.1 Å². The average molecular weight is 384 g/mol. The lowest BCUT2D eigenvalue weighted by atomic mass is 9.95. The number of likely N-dealkylation sites (tertiary alicyclic amines) is 1. The van der Waals surface area contributed by atoms with Crippen LogP contribution in [-0.2, 0) is 14.3 Å². The van der Waals surface area contributed by atoms with E-state index in [1.54, 1.807) is 12.1 Å². The van der Waals surface area contributed by atoms with Gasteiger partial charge in [0, 0.05) is 24.5 Å². The Kier molecular flexibility index (Phi) is 5.84. The second-order valence-corrected chi connectivity index (χ2v) is 6.70. The molecule has 28 heavy (non-hydrogen) atoms. The molecule has 0 aliphatic carbocycles. The maximum absolute atomic E-state index is 13.4. The van der Waals surface area contributed by atoms with Gasteiger partial charge in [-0.05, 0) is 43.7 Å². The number of Topliss-reactive ketones (excluding diaryl/α,β-unsaturated/α-hetero) is 1. The number of ether oxygens (including phenoxy) is 1. The van der Waals surface area contributed by atoms with Crippen LogP contribution in [0.5, 0.6) is 0 Å². The number of rotatable bonds is 6. The molecule has 1 unspecified atom stereocenters. The van der Waals surface area contributed by atoms with E-state index in [2.05, 4.69) is 4.98 Å². The number of pyridine rings is 1. The summed E-state index contributed by atoms with van der Waals surface area (Å²) in [5.41, 5.74) is 0.867. The monoisotopic (exact) mass is 384 g/mol. The van der Waals surface area contributed by atoms with Crippen molar-refractivity contribution in [3.8, 4) is 0 Å². The van der Waals surface area contributed by atoms with Crippen molar-refractivity contribution in [1.29, 1.82) is 0 Å². The molecule has 0 bridgehead atoms. The van der Waals surface area contributed by atoms with Gasteiger partial charge in [-0.3, -0.25) is 14.6 Å². The fraction of sp³-hybridized carbons (Fsp3) is 0.286. The molecule has 1 aromatic heterocycles. The van der Waals surface area contributed by atoms with Crippen molar-refractivity contribution in [2.45, 2.75) is 26.0 Å². The Hall–Kier alpha value is -3.06. The number of amides is 1. The lowest BCUT2D eigenvalue weighted by molar-refractivity contribution is -0.140. The van der Waals surface area contributed by atoms with Gasteiger partial charge in [0.15, 0.2) is 0 Å². The molecule has 146 valence electrons. The Morgan fingerprint density at radius 3 is 2.43 bits per heavy atom. The molecule has 1 aliphatic heterocycles. The van der Waals surface area contributed by atoms with Crippen LogP contribution in [0.3, 0.4) is 0 Å². The number of aliphatic hydroxyl groups is 1. The summed E-state index contributed by atoms with van der Waals surface area (Å²) in [7, 11) is 0. The van der Waals surface area contributed by atoms with Crippen molar-refractivity contribution in [3.63, 3.8) is 0 Å². The van der Waals surface area contributed by atoms with Gasteiger partial charge in [-0.15, -0.1) is 0 Å². The molecule has 1 atom stereocenters. The minimum absolute atomic E-state index is 0.0297. The van der Waals surface area contributed by atoms with Crippen LogP contribution in [0.4, 0.5) is 4.39 Å². The summed E-state index contributed by atoms with van der Waals surface area (Å²) in [5, 5.41) is 10.8. The molecular weight excluding hydrogens is 363 g/mol. The predicted octanol–water partition coefficient (Wildman–Crippen LogP) is 3.07. The van der Waals surface area contributed by atoms with Crippen molar-refractivity contribution in [3.05, 3.63) is 71.3 Å². The topological polar surface area (TPSA) is 79.7 Å². The standard InChI is InChI=1S/C21H21FN2O4/c1-13(2)28-12-11-24-18(14-3-5-16(22)6-4-14)17(20(26)21(24)27)19(25)15-7-9-23-10-8-15/h3-10,13,18,25H,11-12H2,1-2H3/b19-17-. The largest absolute Gasteiger partial charge is 0.507 e. The molecule has 6 nitrogen and oxygen atoms in total. The van der Waals surface area contributed by atoms with Gasteiger partial charge in [0.2, 0.25) is 0 Å². The number of benzene rings is 1. The third-order valence-electron chi connectivity index (χ3n) is 4.46. The normalized spacial score (nSPS) is 18.9. The Bertz CT molecular complexity index is 894. The number of hydrogen-bond donors (Lipinski definition) is 1. The van der Waals surface area contributed by atoms with E-state index in [1.165, 1.54) is 41.6 Å². The fourth-order valence-electron chi connectivity index (χ4n) is 3.15. The molecule has 1 amide bonds. The molecule has 1 aliphatic rings. The second-order valence-electron chi connectivity index (χ2n) is 6.70. The van der Waals surface area contributed by atoms with Crippen molar-refractivity contribution in [2.75, 3.05) is 13.2 Å². The third-order valence-corrected chi connectivity index (χ3v) is 4.46. The molecule has 0 saturated carbocycles. The Morgan fingerprint density at radius 1 is 1.18 bits per heavy atom. The first-order chi connectivity index (χ1) is 13.4. The fourth-order valence-corrected chi connectivity index (χ4v) is 3.15. The number of halogens is 1. The van der Waals surface area contributed by atoms with E-state index in [4.69, 9.17) is 4.74 Å². The zero-order chi connectivity index (χ0) is 20.3. The summed E-state index contributed by atoms with van der Waals surface area (Å²) in [5.74, 6) is -2.23. The van der Waals surface area contributed by atoms with Gasteiger partial charge in [0.25, 0.3) is 11.7 Å². The minimum Gasteiger partial charge on any atom is -0.507 e. The van der Waals surface area contributed by atoms with E-state index in [0.717, 1.165) is 0 Å². The maximum atomic E-state index is 13.4. The molecule has 3 rings (SSSR count). The second kappa shape index (κ2) is 8.31. The highest BCUT2D eigenvalue weighted by atomic mass is 19.1. The highest BCUT2D eigenvalue weighted by molar-refractivity contribution is 6.46. The zero-order valence-electron chi connectivity index (χ0n) is 15.6. The number of carbonyl (C=O) groups excluding carboxylic acids is 2. The molecule has 1 fully saturated rings. The van der Waals surface area contributed by atoms with Gasteiger partial charge in [-0.25, -0.2) is 4.39 Å². The van der Waals surface area contributed by atoms with Crippen LogP contribution in [0.15, 0.2) is 54.4 Å². The van der Waals surface area contributed by atoms with Crippen molar-refractivity contribution >= 4 is 17.4 Å². The Labute approximate surface area is 162 Å². The zero-order valence-corrected chi connectivity index (χ0v) is 15.6. The van der Waals surface area contributed by atoms with Crippen LogP contribution in [0.25, 0.3) is 5.76 Å². The van der Waals surface area contributed by atoms with E-state index in [1.807, 2.05) is 13.8 Å². The smallest absolute Gasteiger partial charge is 0.295 e. The molecule has 0 radical (unpaired) electrons. The SMILES string of the molecule is CC(C)OCCN1C(=O)C(=O)/C(=C(\O)c2ccncc2)C1c1ccc(F)cc1. The van der Waals surface area contributed by atoms with E-state index in [9.17, 15) is 19.1 Å². The van der Waals surface area contributed by atoms with Gasteiger partial charge in [0.1, 0.15) is 11.6 Å². The van der Waals surface area contributed by atoms with Crippen LogP contribution < -0.4 is 0 Å². The highest BCUT2D eigenvalue weighted by Gasteiger charge is 2.45. The Morgan fingerprint density at radius 2 is 1.82 bits per heavy atom. The summed E-state index contributed by atoms with van der Waals surface area (Å²) in [4.78, 5) is 30.7. The molecular formula is C21H21FN2O4. The van der Waals surface area contributed by atoms with Crippen molar-refractivity contribution in [2.24, 2.45) is 0 Å². The van der Waals surface area contributed by atoms with Gasteiger partial charge in [-0.2, -0.15) is 0 Å². The van der Waals surface area contributed by atoms with Crippen LogP contribution in [-0.4, -0.2) is 45.9 Å². The first kappa shape index (κ1) is 19.7. The van der Waals surface area contributed by atoms with Crippen LogP contribution in [0, 0.1) is 5.82 Å². The summed E-state index contributed by atoms with van der Waals surface area (Å²) in [6, 6.07) is 7.78. The first-order valence-electron chi connectivity index (χ1n) is 8.96. The summed E-state index contributed by atoms with van der Waals surface area (Å²) < 4.78 is 18.9. The number of hydrogen-bond acceptors (Lipinski definition) is 5. The lowest BCUT2D eigenvalue weighted by Crippen LogP contribution is -2.33. The van der Waals surface area contributed by atoms with Crippen LogP contribution in [0.2, 0.25) is 0 Å². The molecule has 1 aromatic carbocycles. The third kappa shape index (κ3) is 3.94. The molecule has 0 spiro atoms.